The topological polar surface area (TPSA) is 49.8 Å². The minimum absolute atomic E-state index is 0.0252. The fourth-order valence-corrected chi connectivity index (χ4v) is 2.54. The Kier molecular flexibility index (Phi) is 6.65. The standard InChI is InChI=1S/C14H27NO3/c1-11(2)18-14(17)8-9-15(3)13-6-4-12(10-16)5-7-13/h11-13,16H,4-10H2,1-3H3. The molecular weight excluding hydrogens is 230 g/mol. The summed E-state index contributed by atoms with van der Waals surface area (Å²) < 4.78 is 5.12. The molecule has 0 heterocycles. The van der Waals surface area contributed by atoms with Gasteiger partial charge in [0.1, 0.15) is 0 Å². The summed E-state index contributed by atoms with van der Waals surface area (Å²) in [7, 11) is 2.08. The van der Waals surface area contributed by atoms with Crippen LogP contribution in [0.3, 0.4) is 0 Å². The zero-order valence-electron chi connectivity index (χ0n) is 11.9. The van der Waals surface area contributed by atoms with Crippen molar-refractivity contribution in [1.82, 2.24) is 4.90 Å². The van der Waals surface area contributed by atoms with Crippen LogP contribution in [0.25, 0.3) is 0 Å². The van der Waals surface area contributed by atoms with Gasteiger partial charge in [-0.15, -0.1) is 0 Å². The van der Waals surface area contributed by atoms with Crippen molar-refractivity contribution in [3.63, 3.8) is 0 Å². The van der Waals surface area contributed by atoms with Crippen molar-refractivity contribution in [2.24, 2.45) is 5.92 Å². The van der Waals surface area contributed by atoms with Gasteiger partial charge in [-0.3, -0.25) is 4.79 Å². The Balaban J connectivity index is 2.21. The summed E-state index contributed by atoms with van der Waals surface area (Å²) in [6.45, 7) is 4.83. The number of esters is 1. The van der Waals surface area contributed by atoms with Crippen molar-refractivity contribution in [1.29, 1.82) is 0 Å². The number of carbonyl (C=O) groups is 1. The fraction of sp³-hybridized carbons (Fsp3) is 0.929. The van der Waals surface area contributed by atoms with E-state index in [1.165, 1.54) is 0 Å². The maximum atomic E-state index is 11.5. The second-order valence-corrected chi connectivity index (χ2v) is 5.63. The molecule has 0 aliphatic heterocycles. The number of ether oxygens (including phenoxy) is 1. The fourth-order valence-electron chi connectivity index (χ4n) is 2.54. The van der Waals surface area contributed by atoms with Crippen LogP contribution < -0.4 is 0 Å². The molecule has 0 radical (unpaired) electrons. The highest BCUT2D eigenvalue weighted by molar-refractivity contribution is 5.69. The van der Waals surface area contributed by atoms with Crippen LogP contribution in [-0.4, -0.2) is 48.3 Å². The number of hydrogen-bond acceptors (Lipinski definition) is 4. The highest BCUT2D eigenvalue weighted by atomic mass is 16.5. The molecule has 0 aromatic heterocycles. The SMILES string of the molecule is CC(C)OC(=O)CCN(C)C1CCC(CO)CC1. The first-order chi connectivity index (χ1) is 8.52. The summed E-state index contributed by atoms with van der Waals surface area (Å²) in [6, 6.07) is 0.555. The summed E-state index contributed by atoms with van der Waals surface area (Å²) in [5.74, 6) is 0.376. The number of aliphatic hydroxyl groups is 1. The lowest BCUT2D eigenvalue weighted by Crippen LogP contribution is -2.37. The number of aliphatic hydroxyl groups excluding tert-OH is 1. The lowest BCUT2D eigenvalue weighted by atomic mass is 9.86. The third-order valence-electron chi connectivity index (χ3n) is 3.73. The monoisotopic (exact) mass is 257 g/mol. The Labute approximate surface area is 110 Å². The van der Waals surface area contributed by atoms with E-state index in [-0.39, 0.29) is 12.1 Å². The van der Waals surface area contributed by atoms with Gasteiger partial charge in [-0.25, -0.2) is 0 Å². The Bertz CT molecular complexity index is 247. The molecule has 0 spiro atoms. The van der Waals surface area contributed by atoms with Crippen LogP contribution >= 0.6 is 0 Å². The first-order valence-corrected chi connectivity index (χ1v) is 7.03. The van der Waals surface area contributed by atoms with Crippen molar-refractivity contribution in [3.8, 4) is 0 Å². The van der Waals surface area contributed by atoms with Crippen molar-refractivity contribution in [2.45, 2.75) is 58.1 Å². The molecule has 1 aliphatic rings. The Morgan fingerprint density at radius 2 is 1.94 bits per heavy atom. The first-order valence-electron chi connectivity index (χ1n) is 7.03. The van der Waals surface area contributed by atoms with E-state index in [0.29, 0.717) is 25.0 Å². The molecule has 1 rings (SSSR count). The number of rotatable bonds is 6. The number of hydrogen-bond donors (Lipinski definition) is 1. The molecule has 0 aromatic carbocycles. The van der Waals surface area contributed by atoms with Gasteiger partial charge in [-0.1, -0.05) is 0 Å². The summed E-state index contributed by atoms with van der Waals surface area (Å²) >= 11 is 0. The van der Waals surface area contributed by atoms with Crippen LogP contribution in [0.2, 0.25) is 0 Å². The molecule has 18 heavy (non-hydrogen) atoms. The first kappa shape index (κ1) is 15.4. The van der Waals surface area contributed by atoms with E-state index in [9.17, 15) is 4.79 Å². The van der Waals surface area contributed by atoms with Gasteiger partial charge in [0.15, 0.2) is 0 Å². The van der Waals surface area contributed by atoms with Crippen molar-refractivity contribution >= 4 is 5.97 Å². The van der Waals surface area contributed by atoms with Crippen molar-refractivity contribution in [2.75, 3.05) is 20.2 Å². The minimum Gasteiger partial charge on any atom is -0.463 e. The van der Waals surface area contributed by atoms with E-state index >= 15 is 0 Å². The summed E-state index contributed by atoms with van der Waals surface area (Å²) in [6.07, 6.45) is 4.89. The Morgan fingerprint density at radius 3 is 2.44 bits per heavy atom. The van der Waals surface area contributed by atoms with Gasteiger partial charge in [-0.05, 0) is 52.5 Å². The molecule has 0 atom stereocenters. The van der Waals surface area contributed by atoms with Gasteiger partial charge in [0, 0.05) is 19.2 Å². The Hall–Kier alpha value is -0.610. The predicted octanol–water partition coefficient (Wildman–Crippen LogP) is 1.81. The van der Waals surface area contributed by atoms with E-state index < -0.39 is 0 Å². The predicted molar refractivity (Wildman–Crippen MR) is 71.3 cm³/mol. The molecule has 4 heteroatoms. The van der Waals surface area contributed by atoms with Crippen LogP contribution in [0.5, 0.6) is 0 Å². The van der Waals surface area contributed by atoms with Gasteiger partial charge in [0.2, 0.25) is 0 Å². The smallest absolute Gasteiger partial charge is 0.307 e. The molecule has 106 valence electrons. The van der Waals surface area contributed by atoms with Crippen LogP contribution in [0.15, 0.2) is 0 Å². The van der Waals surface area contributed by atoms with Crippen molar-refractivity contribution < 1.29 is 14.6 Å². The maximum Gasteiger partial charge on any atom is 0.307 e. The highest BCUT2D eigenvalue weighted by Gasteiger charge is 2.23. The average Bonchev–Trinajstić information content (AvgIpc) is 2.35. The van der Waals surface area contributed by atoms with Gasteiger partial charge in [-0.2, -0.15) is 0 Å². The molecule has 4 nitrogen and oxygen atoms in total. The molecule has 0 amide bonds. The third-order valence-corrected chi connectivity index (χ3v) is 3.73. The number of nitrogens with zero attached hydrogens (tertiary/aromatic N) is 1. The van der Waals surface area contributed by atoms with E-state index in [1.807, 2.05) is 13.8 Å². The zero-order chi connectivity index (χ0) is 13.5. The largest absolute Gasteiger partial charge is 0.463 e. The van der Waals surface area contributed by atoms with E-state index in [0.717, 1.165) is 32.2 Å². The van der Waals surface area contributed by atoms with Gasteiger partial charge >= 0.3 is 5.97 Å². The number of carbonyl (C=O) groups excluding carboxylic acids is 1. The molecule has 0 unspecified atom stereocenters. The van der Waals surface area contributed by atoms with Gasteiger partial charge in [0.25, 0.3) is 0 Å². The van der Waals surface area contributed by atoms with Crippen LogP contribution in [0.4, 0.5) is 0 Å². The molecule has 0 saturated heterocycles. The van der Waals surface area contributed by atoms with Gasteiger partial charge in [0.05, 0.1) is 12.5 Å². The minimum atomic E-state index is -0.110. The van der Waals surface area contributed by atoms with Crippen molar-refractivity contribution in [3.05, 3.63) is 0 Å². The Morgan fingerprint density at radius 1 is 1.33 bits per heavy atom. The zero-order valence-corrected chi connectivity index (χ0v) is 11.9. The lowest BCUT2D eigenvalue weighted by Gasteiger charge is -2.34. The molecule has 1 aliphatic carbocycles. The summed E-state index contributed by atoms with van der Waals surface area (Å²) in [5.41, 5.74) is 0. The maximum absolute atomic E-state index is 11.5. The van der Waals surface area contributed by atoms with Gasteiger partial charge < -0.3 is 14.7 Å². The molecule has 1 fully saturated rings. The second kappa shape index (κ2) is 7.74. The van der Waals surface area contributed by atoms with Crippen LogP contribution in [-0.2, 0) is 9.53 Å². The second-order valence-electron chi connectivity index (χ2n) is 5.63. The van der Waals surface area contributed by atoms with Crippen LogP contribution in [0.1, 0.15) is 46.0 Å². The lowest BCUT2D eigenvalue weighted by molar-refractivity contribution is -0.147. The van der Waals surface area contributed by atoms with E-state index in [1.54, 1.807) is 0 Å². The average molecular weight is 257 g/mol. The van der Waals surface area contributed by atoms with Crippen LogP contribution in [0, 0.1) is 5.92 Å². The summed E-state index contributed by atoms with van der Waals surface area (Å²) in [4.78, 5) is 13.7. The molecular formula is C14H27NO3. The molecule has 0 bridgehead atoms. The molecule has 1 N–H and O–H groups in total. The highest BCUT2D eigenvalue weighted by Crippen LogP contribution is 2.26. The molecule has 0 aromatic rings. The van der Waals surface area contributed by atoms with E-state index in [2.05, 4.69) is 11.9 Å². The summed E-state index contributed by atoms with van der Waals surface area (Å²) in [5, 5.41) is 9.10. The molecule has 1 saturated carbocycles. The normalized spacial score (nSPS) is 24.6. The quantitative estimate of drug-likeness (QED) is 0.737. The van der Waals surface area contributed by atoms with E-state index in [4.69, 9.17) is 9.84 Å². The third kappa shape index (κ3) is 5.36.